The van der Waals surface area contributed by atoms with Crippen molar-refractivity contribution in [1.82, 2.24) is 0 Å². The van der Waals surface area contributed by atoms with Gasteiger partial charge in [-0.05, 0) is 37.8 Å². The number of ether oxygens (including phenoxy) is 1. The summed E-state index contributed by atoms with van der Waals surface area (Å²) < 4.78 is 32.1. The topological polar surface area (TPSA) is 26.3 Å². The molecule has 1 aromatic rings. The van der Waals surface area contributed by atoms with Crippen LogP contribution in [0.25, 0.3) is 0 Å². The van der Waals surface area contributed by atoms with Crippen LogP contribution in [-0.2, 0) is 4.74 Å². The summed E-state index contributed by atoms with van der Waals surface area (Å²) in [5.74, 6) is -2.26. The molecule has 0 bridgehead atoms. The van der Waals surface area contributed by atoms with Crippen LogP contribution < -0.4 is 0 Å². The van der Waals surface area contributed by atoms with Gasteiger partial charge in [-0.1, -0.05) is 46.0 Å². The van der Waals surface area contributed by atoms with Crippen molar-refractivity contribution in [3.8, 4) is 0 Å². The first-order valence-electron chi connectivity index (χ1n) is 8.74. The predicted octanol–water partition coefficient (Wildman–Crippen LogP) is 6.04. The fraction of sp³-hybridized carbons (Fsp3) is 0.632. The van der Waals surface area contributed by atoms with Crippen molar-refractivity contribution in [3.63, 3.8) is 0 Å². The van der Waals surface area contributed by atoms with Gasteiger partial charge in [-0.15, -0.1) is 0 Å². The Kier molecular flexibility index (Phi) is 9.49. The second kappa shape index (κ2) is 11.1. The van der Waals surface area contributed by atoms with E-state index < -0.39 is 17.6 Å². The molecule has 0 aliphatic rings. The van der Waals surface area contributed by atoms with Crippen molar-refractivity contribution in [2.45, 2.75) is 77.7 Å². The Labute approximate surface area is 138 Å². The summed E-state index contributed by atoms with van der Waals surface area (Å²) in [6, 6.07) is 2.93. The smallest absolute Gasteiger partial charge is 0.341 e. The van der Waals surface area contributed by atoms with Crippen LogP contribution >= 0.6 is 0 Å². The van der Waals surface area contributed by atoms with Gasteiger partial charge in [0.1, 0.15) is 17.7 Å². The molecule has 1 rings (SSSR count). The minimum Gasteiger partial charge on any atom is -0.459 e. The van der Waals surface area contributed by atoms with E-state index in [1.807, 2.05) is 0 Å². The third kappa shape index (κ3) is 7.58. The highest BCUT2D eigenvalue weighted by Gasteiger charge is 2.19. The summed E-state index contributed by atoms with van der Waals surface area (Å²) in [4.78, 5) is 12.1. The number of rotatable bonds is 11. The van der Waals surface area contributed by atoms with Crippen LogP contribution in [0, 0.1) is 11.6 Å². The number of esters is 1. The van der Waals surface area contributed by atoms with Gasteiger partial charge in [0, 0.05) is 6.07 Å². The monoisotopic (exact) mass is 326 g/mol. The molecule has 0 radical (unpaired) electrons. The number of unbranched alkanes of at least 4 members (excludes halogenated alkanes) is 5. The molecule has 0 saturated heterocycles. The van der Waals surface area contributed by atoms with Crippen LogP contribution in [0.1, 0.15) is 82.0 Å². The lowest BCUT2D eigenvalue weighted by atomic mass is 10.0. The predicted molar refractivity (Wildman–Crippen MR) is 88.5 cm³/mol. The molecule has 0 aliphatic heterocycles. The molecule has 23 heavy (non-hydrogen) atoms. The normalized spacial score (nSPS) is 12.2. The van der Waals surface area contributed by atoms with E-state index >= 15 is 0 Å². The lowest BCUT2D eigenvalue weighted by Gasteiger charge is -2.18. The molecule has 1 unspecified atom stereocenters. The van der Waals surface area contributed by atoms with Gasteiger partial charge in [0.15, 0.2) is 0 Å². The van der Waals surface area contributed by atoms with Crippen LogP contribution in [0.3, 0.4) is 0 Å². The molecule has 0 heterocycles. The van der Waals surface area contributed by atoms with Crippen molar-refractivity contribution in [1.29, 1.82) is 0 Å². The largest absolute Gasteiger partial charge is 0.459 e. The van der Waals surface area contributed by atoms with E-state index in [9.17, 15) is 13.6 Å². The van der Waals surface area contributed by atoms with Gasteiger partial charge in [0.05, 0.1) is 5.56 Å². The molecule has 0 saturated carbocycles. The maximum Gasteiger partial charge on any atom is 0.341 e. The summed E-state index contributed by atoms with van der Waals surface area (Å²) in [5.41, 5.74) is -0.194. The molecule has 1 atom stereocenters. The van der Waals surface area contributed by atoms with E-state index in [4.69, 9.17) is 4.74 Å². The summed E-state index contributed by atoms with van der Waals surface area (Å²) >= 11 is 0. The van der Waals surface area contributed by atoms with E-state index in [0.717, 1.165) is 63.5 Å². The summed E-state index contributed by atoms with van der Waals surface area (Å²) in [5, 5.41) is 0. The van der Waals surface area contributed by atoms with Gasteiger partial charge >= 0.3 is 5.97 Å². The van der Waals surface area contributed by atoms with Gasteiger partial charge in [-0.3, -0.25) is 0 Å². The molecule has 2 nitrogen and oxygen atoms in total. The van der Waals surface area contributed by atoms with E-state index in [-0.39, 0.29) is 11.7 Å². The Bertz CT molecular complexity index is 474. The molecule has 0 aromatic heterocycles. The van der Waals surface area contributed by atoms with Crippen molar-refractivity contribution >= 4 is 5.97 Å². The van der Waals surface area contributed by atoms with Crippen LogP contribution in [0.4, 0.5) is 8.78 Å². The van der Waals surface area contributed by atoms with Crippen molar-refractivity contribution < 1.29 is 18.3 Å². The Hall–Kier alpha value is -1.45. The number of benzene rings is 1. The molecule has 0 fully saturated rings. The Morgan fingerprint density at radius 2 is 1.61 bits per heavy atom. The molecule has 0 aliphatic carbocycles. The Balaban J connectivity index is 2.60. The molecule has 4 heteroatoms. The zero-order chi connectivity index (χ0) is 17.1. The van der Waals surface area contributed by atoms with Crippen molar-refractivity contribution in [2.24, 2.45) is 0 Å². The van der Waals surface area contributed by atoms with Gasteiger partial charge in [-0.25, -0.2) is 13.6 Å². The molecule has 0 N–H and O–H groups in total. The molecular weight excluding hydrogens is 298 g/mol. The first-order chi connectivity index (χ1) is 11.1. The van der Waals surface area contributed by atoms with Gasteiger partial charge in [-0.2, -0.15) is 0 Å². The van der Waals surface area contributed by atoms with Crippen LogP contribution in [-0.4, -0.2) is 12.1 Å². The number of carbonyl (C=O) groups excluding carboxylic acids is 1. The third-order valence-electron chi connectivity index (χ3n) is 3.93. The lowest BCUT2D eigenvalue weighted by Crippen LogP contribution is -2.19. The van der Waals surface area contributed by atoms with Gasteiger partial charge in [0.25, 0.3) is 0 Å². The fourth-order valence-corrected chi connectivity index (χ4v) is 2.55. The van der Waals surface area contributed by atoms with Crippen LogP contribution in [0.5, 0.6) is 0 Å². The number of carbonyl (C=O) groups is 1. The van der Waals surface area contributed by atoms with Crippen molar-refractivity contribution in [2.75, 3.05) is 0 Å². The van der Waals surface area contributed by atoms with Gasteiger partial charge in [0.2, 0.25) is 0 Å². The minimum absolute atomic E-state index is 0.185. The first-order valence-corrected chi connectivity index (χ1v) is 8.74. The minimum atomic E-state index is -0.867. The quantitative estimate of drug-likeness (QED) is 0.366. The van der Waals surface area contributed by atoms with E-state index in [2.05, 4.69) is 13.8 Å². The van der Waals surface area contributed by atoms with Crippen LogP contribution in [0.15, 0.2) is 18.2 Å². The molecule has 1 aromatic carbocycles. The van der Waals surface area contributed by atoms with Crippen molar-refractivity contribution in [3.05, 3.63) is 35.4 Å². The van der Waals surface area contributed by atoms with E-state index in [1.165, 1.54) is 6.42 Å². The summed E-state index contributed by atoms with van der Waals surface area (Å²) in [6.45, 7) is 4.27. The number of hydrogen-bond acceptors (Lipinski definition) is 2. The summed E-state index contributed by atoms with van der Waals surface area (Å²) in [7, 11) is 0. The zero-order valence-corrected chi connectivity index (χ0v) is 14.2. The fourth-order valence-electron chi connectivity index (χ4n) is 2.55. The highest BCUT2D eigenvalue weighted by molar-refractivity contribution is 5.89. The van der Waals surface area contributed by atoms with Crippen LogP contribution in [0.2, 0.25) is 0 Å². The Morgan fingerprint density at radius 3 is 2.22 bits per heavy atom. The Morgan fingerprint density at radius 1 is 1.00 bits per heavy atom. The molecular formula is C19H28F2O2. The summed E-state index contributed by atoms with van der Waals surface area (Å²) in [6.07, 6.45) is 9.05. The average Bonchev–Trinajstić information content (AvgIpc) is 2.51. The first kappa shape index (κ1) is 19.6. The molecule has 130 valence electrons. The highest BCUT2D eigenvalue weighted by Crippen LogP contribution is 2.18. The highest BCUT2D eigenvalue weighted by atomic mass is 19.1. The second-order valence-electron chi connectivity index (χ2n) is 6.00. The maximum absolute atomic E-state index is 13.7. The lowest BCUT2D eigenvalue weighted by molar-refractivity contribution is 0.0244. The standard InChI is InChI=1S/C19H28F2O2/c1-3-5-7-9-11-16(10-8-6-4-2)23-19(22)17-13-12-15(20)14-18(17)21/h12-14,16H,3-11H2,1-2H3. The number of halogens is 2. The average molecular weight is 326 g/mol. The zero-order valence-electron chi connectivity index (χ0n) is 14.2. The van der Waals surface area contributed by atoms with Gasteiger partial charge < -0.3 is 4.74 Å². The SMILES string of the molecule is CCCCCCC(CCCCC)OC(=O)c1ccc(F)cc1F. The molecule has 0 amide bonds. The second-order valence-corrected chi connectivity index (χ2v) is 6.00. The van der Waals surface area contributed by atoms with E-state index in [0.29, 0.717) is 6.07 Å². The third-order valence-corrected chi connectivity index (χ3v) is 3.93. The maximum atomic E-state index is 13.7. The number of hydrogen-bond donors (Lipinski definition) is 0. The van der Waals surface area contributed by atoms with E-state index in [1.54, 1.807) is 0 Å². The molecule has 0 spiro atoms.